The van der Waals surface area contributed by atoms with Crippen molar-refractivity contribution in [3.05, 3.63) is 60.9 Å². The molecule has 4 N–H and O–H groups in total. The molecule has 0 rings (SSSR count). The van der Waals surface area contributed by atoms with E-state index < -0.39 is 13.9 Å². The van der Waals surface area contributed by atoms with Crippen LogP contribution in [0.1, 0.15) is 168 Å². The summed E-state index contributed by atoms with van der Waals surface area (Å²) in [5.41, 5.74) is 5.35. The first kappa shape index (κ1) is 51.0. The van der Waals surface area contributed by atoms with E-state index in [-0.39, 0.29) is 44.9 Å². The van der Waals surface area contributed by atoms with Crippen LogP contribution in [-0.4, -0.2) is 54.5 Å². The molecule has 0 amide bonds. The molecule has 0 saturated carbocycles. The molecule has 3 atom stereocenters. The topological polar surface area (TPSA) is 138 Å². The third kappa shape index (κ3) is 39.5. The summed E-state index contributed by atoms with van der Waals surface area (Å²) in [5.74, 6) is -0.356. The van der Waals surface area contributed by atoms with Gasteiger partial charge in [-0.15, -0.1) is 0 Å². The van der Waals surface area contributed by atoms with Gasteiger partial charge in [0.15, 0.2) is 6.10 Å². The molecular formula is C43H78NO8P. The molecule has 9 nitrogen and oxygen atoms in total. The number of aliphatic hydroxyl groups is 1. The number of nitrogens with two attached hydrogens (primary N) is 1. The fourth-order valence-corrected chi connectivity index (χ4v) is 6.13. The number of phosphoric acid groups is 1. The second-order valence-electron chi connectivity index (χ2n) is 13.7. The van der Waals surface area contributed by atoms with Crippen molar-refractivity contribution in [2.24, 2.45) is 5.73 Å². The first-order valence-electron chi connectivity index (χ1n) is 20.9. The lowest BCUT2D eigenvalue weighted by molar-refractivity contribution is -0.147. The highest BCUT2D eigenvalue weighted by Crippen LogP contribution is 2.43. The van der Waals surface area contributed by atoms with Crippen LogP contribution in [0.25, 0.3) is 0 Å². The number of esters is 1. The van der Waals surface area contributed by atoms with Crippen LogP contribution in [0.2, 0.25) is 0 Å². The van der Waals surface area contributed by atoms with Crippen LogP contribution < -0.4 is 5.73 Å². The number of aliphatic hydroxyl groups excluding tert-OH is 1. The minimum absolute atomic E-state index is 0.0863. The maximum absolute atomic E-state index is 12.4. The van der Waals surface area contributed by atoms with Crippen molar-refractivity contribution in [3.63, 3.8) is 0 Å². The molecule has 0 bridgehead atoms. The summed E-state index contributed by atoms with van der Waals surface area (Å²) in [4.78, 5) is 22.2. The normalized spacial score (nSPS) is 14.7. The molecule has 1 unspecified atom stereocenters. The number of rotatable bonds is 39. The summed E-state index contributed by atoms with van der Waals surface area (Å²) in [5, 5.41) is 9.55. The van der Waals surface area contributed by atoms with Crippen molar-refractivity contribution in [3.8, 4) is 0 Å². The molecular weight excluding hydrogens is 689 g/mol. The average molecular weight is 768 g/mol. The summed E-state index contributed by atoms with van der Waals surface area (Å²) in [6, 6.07) is 0. The molecule has 0 aliphatic heterocycles. The number of carbonyl (C=O) groups excluding carboxylic acids is 1. The summed E-state index contributed by atoms with van der Waals surface area (Å²) in [7, 11) is -4.29. The largest absolute Gasteiger partial charge is 0.492 e. The van der Waals surface area contributed by atoms with Gasteiger partial charge in [0.05, 0.1) is 25.6 Å². The Kier molecular flexibility index (Phi) is 38.2. The zero-order chi connectivity index (χ0) is 38.9. The van der Waals surface area contributed by atoms with Crippen LogP contribution in [-0.2, 0) is 27.9 Å². The van der Waals surface area contributed by atoms with Gasteiger partial charge < -0.3 is 25.2 Å². The minimum atomic E-state index is -4.29. The molecule has 308 valence electrons. The first-order valence-corrected chi connectivity index (χ1v) is 22.4. The number of hydrogen-bond acceptors (Lipinski definition) is 8. The molecule has 0 aromatic carbocycles. The highest BCUT2D eigenvalue weighted by atomic mass is 31.2. The van der Waals surface area contributed by atoms with Crippen molar-refractivity contribution in [1.82, 2.24) is 0 Å². The van der Waals surface area contributed by atoms with E-state index >= 15 is 0 Å². The Bertz CT molecular complexity index is 1010. The second kappa shape index (κ2) is 39.7. The SMILES string of the molecule is CCCCCCCCCCCCCCCC/C=C/O[C@H](COC(=O)CCC/C=C\C/C=C\C/C=C\C/C=C\CC[C@@H](O)CC)COP(=O)(O)OCCN. The Morgan fingerprint density at radius 2 is 1.17 bits per heavy atom. The van der Waals surface area contributed by atoms with Gasteiger partial charge in [0.25, 0.3) is 0 Å². The van der Waals surface area contributed by atoms with Crippen LogP contribution in [0.4, 0.5) is 0 Å². The minimum Gasteiger partial charge on any atom is -0.492 e. The van der Waals surface area contributed by atoms with Crippen molar-refractivity contribution >= 4 is 13.8 Å². The number of allylic oxidation sites excluding steroid dienone is 9. The van der Waals surface area contributed by atoms with Gasteiger partial charge in [0, 0.05) is 13.0 Å². The van der Waals surface area contributed by atoms with E-state index in [0.29, 0.717) is 6.42 Å². The molecule has 0 aliphatic rings. The number of ether oxygens (including phenoxy) is 2. The molecule has 0 heterocycles. The summed E-state index contributed by atoms with van der Waals surface area (Å²) in [6.07, 6.45) is 45.7. The van der Waals surface area contributed by atoms with Gasteiger partial charge in [-0.25, -0.2) is 4.57 Å². The van der Waals surface area contributed by atoms with Crippen LogP contribution in [0, 0.1) is 0 Å². The molecule has 0 aliphatic carbocycles. The maximum Gasteiger partial charge on any atom is 0.472 e. The van der Waals surface area contributed by atoms with Crippen molar-refractivity contribution in [2.75, 3.05) is 26.4 Å². The fourth-order valence-electron chi connectivity index (χ4n) is 5.36. The van der Waals surface area contributed by atoms with E-state index in [4.69, 9.17) is 24.3 Å². The van der Waals surface area contributed by atoms with Crippen LogP contribution >= 0.6 is 7.82 Å². The van der Waals surface area contributed by atoms with E-state index in [1.165, 1.54) is 83.5 Å². The number of carbonyl (C=O) groups is 1. The summed E-state index contributed by atoms with van der Waals surface area (Å²) < 4.78 is 33.1. The van der Waals surface area contributed by atoms with Crippen LogP contribution in [0.3, 0.4) is 0 Å². The monoisotopic (exact) mass is 768 g/mol. The molecule has 53 heavy (non-hydrogen) atoms. The lowest BCUT2D eigenvalue weighted by Gasteiger charge is -2.19. The quantitative estimate of drug-likeness (QED) is 0.0183. The Labute approximate surface area is 324 Å². The van der Waals surface area contributed by atoms with Gasteiger partial charge >= 0.3 is 13.8 Å². The lowest BCUT2D eigenvalue weighted by atomic mass is 10.0. The van der Waals surface area contributed by atoms with Crippen molar-refractivity contribution in [2.45, 2.75) is 180 Å². The maximum atomic E-state index is 12.4. The van der Waals surface area contributed by atoms with E-state index in [1.54, 1.807) is 6.26 Å². The van der Waals surface area contributed by atoms with Crippen LogP contribution in [0.5, 0.6) is 0 Å². The zero-order valence-electron chi connectivity index (χ0n) is 33.6. The van der Waals surface area contributed by atoms with Crippen LogP contribution in [0.15, 0.2) is 60.9 Å². The highest BCUT2D eigenvalue weighted by molar-refractivity contribution is 7.47. The molecule has 0 saturated heterocycles. The third-order valence-corrected chi connectivity index (χ3v) is 9.67. The Hall–Kier alpha value is -2.00. The predicted molar refractivity (Wildman–Crippen MR) is 220 cm³/mol. The second-order valence-corrected chi connectivity index (χ2v) is 15.2. The standard InChI is InChI=1S/C43H78NO8P/c1-3-5-6-7-8-9-10-11-12-15-18-21-24-27-30-33-37-49-42(40-52-53(47,48)51-38-36-44)39-50-43(46)35-32-29-26-23-20-17-14-13-16-19-22-25-28-31-34-41(45)4-2/h14,16-17,19,23,25-26,28,33,37,41-42,45H,3-13,15,18,20-22,24,27,29-32,34-36,38-40,44H2,1-2H3,(H,47,48)/b17-14-,19-16-,26-23-,28-25-,37-33+/t41-,42+/m0/s1. The highest BCUT2D eigenvalue weighted by Gasteiger charge is 2.24. The summed E-state index contributed by atoms with van der Waals surface area (Å²) in [6.45, 7) is 3.86. The first-order chi connectivity index (χ1) is 25.8. The molecule has 0 aromatic rings. The van der Waals surface area contributed by atoms with E-state index in [2.05, 4.69) is 55.5 Å². The summed E-state index contributed by atoms with van der Waals surface area (Å²) >= 11 is 0. The molecule has 0 radical (unpaired) electrons. The van der Waals surface area contributed by atoms with Gasteiger partial charge in [0.1, 0.15) is 6.61 Å². The average Bonchev–Trinajstić information content (AvgIpc) is 3.15. The fraction of sp³-hybridized carbons (Fsp3) is 0.744. The van der Waals surface area contributed by atoms with Gasteiger partial charge in [-0.1, -0.05) is 146 Å². The van der Waals surface area contributed by atoms with Crippen molar-refractivity contribution < 1.29 is 37.9 Å². The lowest BCUT2D eigenvalue weighted by Crippen LogP contribution is -2.25. The smallest absolute Gasteiger partial charge is 0.472 e. The molecule has 0 fully saturated rings. The van der Waals surface area contributed by atoms with Gasteiger partial charge in [0.2, 0.25) is 0 Å². The van der Waals surface area contributed by atoms with E-state index in [0.717, 1.165) is 57.8 Å². The number of phosphoric ester groups is 1. The third-order valence-electron chi connectivity index (χ3n) is 8.69. The van der Waals surface area contributed by atoms with Gasteiger partial charge in [-0.3, -0.25) is 13.8 Å². The van der Waals surface area contributed by atoms with E-state index in [1.807, 2.05) is 13.0 Å². The Morgan fingerprint density at radius 3 is 1.72 bits per heavy atom. The number of unbranched alkanes of at least 4 members (excludes halogenated alkanes) is 15. The number of hydrogen-bond donors (Lipinski definition) is 3. The van der Waals surface area contributed by atoms with E-state index in [9.17, 15) is 19.4 Å². The molecule has 10 heteroatoms. The Balaban J connectivity index is 4.21. The molecule has 0 spiro atoms. The zero-order valence-corrected chi connectivity index (χ0v) is 34.5. The van der Waals surface area contributed by atoms with Gasteiger partial charge in [-0.2, -0.15) is 0 Å². The molecule has 0 aromatic heterocycles. The van der Waals surface area contributed by atoms with Gasteiger partial charge in [-0.05, 0) is 70.3 Å². The van der Waals surface area contributed by atoms with Crippen molar-refractivity contribution in [1.29, 1.82) is 0 Å². The predicted octanol–water partition coefficient (Wildman–Crippen LogP) is 11.5. The Morgan fingerprint density at radius 1 is 0.660 bits per heavy atom.